The van der Waals surface area contributed by atoms with Crippen molar-refractivity contribution in [2.45, 2.75) is 57.9 Å². The van der Waals surface area contributed by atoms with E-state index < -0.39 is 0 Å². The van der Waals surface area contributed by atoms with Crippen LogP contribution in [0, 0.1) is 5.92 Å². The lowest BCUT2D eigenvalue weighted by atomic mass is 9.86. The smallest absolute Gasteiger partial charge is 0.191 e. The average molecular weight is 465 g/mol. The van der Waals surface area contributed by atoms with Gasteiger partial charge in [0.25, 0.3) is 0 Å². The van der Waals surface area contributed by atoms with Crippen molar-refractivity contribution in [3.05, 3.63) is 0 Å². The number of hydrogen-bond donors (Lipinski definition) is 2. The Morgan fingerprint density at radius 1 is 1.08 bits per heavy atom. The van der Waals surface area contributed by atoms with Crippen molar-refractivity contribution >= 4 is 29.9 Å². The van der Waals surface area contributed by atoms with Crippen LogP contribution in [-0.4, -0.2) is 75.2 Å². The highest BCUT2D eigenvalue weighted by molar-refractivity contribution is 14.0. The fourth-order valence-electron chi connectivity index (χ4n) is 3.93. The Labute approximate surface area is 172 Å². The Kier molecular flexibility index (Phi) is 12.1. The number of hydrogen-bond acceptors (Lipinski definition) is 3. The Morgan fingerprint density at radius 3 is 2.40 bits per heavy atom. The zero-order chi connectivity index (χ0) is 17.2. The van der Waals surface area contributed by atoms with Gasteiger partial charge in [0.15, 0.2) is 5.96 Å². The van der Waals surface area contributed by atoms with E-state index in [0.717, 1.165) is 25.0 Å². The van der Waals surface area contributed by atoms with Crippen molar-refractivity contribution in [3.63, 3.8) is 0 Å². The second-order valence-corrected chi connectivity index (χ2v) is 7.71. The number of rotatable bonds is 7. The van der Waals surface area contributed by atoms with Gasteiger partial charge in [-0.05, 0) is 32.7 Å². The van der Waals surface area contributed by atoms with Gasteiger partial charge in [-0.25, -0.2) is 0 Å². The van der Waals surface area contributed by atoms with Gasteiger partial charge in [0.05, 0.1) is 0 Å². The molecule has 0 aromatic rings. The highest BCUT2D eigenvalue weighted by atomic mass is 127. The fourth-order valence-corrected chi connectivity index (χ4v) is 3.93. The molecule has 25 heavy (non-hydrogen) atoms. The SMILES string of the molecule is CN=C(NCCCC1CCCCC1)NCC(C)N1CCN(C)CC1.I. The van der Waals surface area contributed by atoms with E-state index in [9.17, 15) is 0 Å². The Bertz CT molecular complexity index is 363. The molecule has 0 aromatic heterocycles. The number of piperazine rings is 1. The molecule has 0 amide bonds. The topological polar surface area (TPSA) is 42.9 Å². The second kappa shape index (κ2) is 13.1. The van der Waals surface area contributed by atoms with Gasteiger partial charge in [0.1, 0.15) is 0 Å². The Balaban J connectivity index is 0.00000312. The maximum atomic E-state index is 4.37. The Morgan fingerprint density at radius 2 is 1.76 bits per heavy atom. The molecule has 1 unspecified atom stereocenters. The van der Waals surface area contributed by atoms with Crippen LogP contribution < -0.4 is 10.6 Å². The number of halogens is 1. The van der Waals surface area contributed by atoms with Crippen molar-refractivity contribution in [3.8, 4) is 0 Å². The van der Waals surface area contributed by atoms with Gasteiger partial charge in [-0.1, -0.05) is 32.1 Å². The third-order valence-electron chi connectivity index (χ3n) is 5.76. The van der Waals surface area contributed by atoms with E-state index in [1.165, 1.54) is 71.1 Å². The highest BCUT2D eigenvalue weighted by Crippen LogP contribution is 2.26. The normalized spacial score (nSPS) is 22.3. The summed E-state index contributed by atoms with van der Waals surface area (Å²) >= 11 is 0. The summed E-state index contributed by atoms with van der Waals surface area (Å²) in [5, 5.41) is 6.99. The number of nitrogens with zero attached hydrogens (tertiary/aromatic N) is 3. The minimum Gasteiger partial charge on any atom is -0.356 e. The van der Waals surface area contributed by atoms with Gasteiger partial charge < -0.3 is 15.5 Å². The summed E-state index contributed by atoms with van der Waals surface area (Å²) in [6.07, 6.45) is 9.90. The van der Waals surface area contributed by atoms with E-state index in [1.54, 1.807) is 0 Å². The summed E-state index contributed by atoms with van der Waals surface area (Å²) in [7, 11) is 4.08. The van der Waals surface area contributed by atoms with E-state index in [2.05, 4.69) is 39.4 Å². The van der Waals surface area contributed by atoms with Crippen LogP contribution in [0.1, 0.15) is 51.9 Å². The lowest BCUT2D eigenvalue weighted by Gasteiger charge is -2.36. The van der Waals surface area contributed by atoms with Crippen molar-refractivity contribution < 1.29 is 0 Å². The van der Waals surface area contributed by atoms with Crippen LogP contribution in [0.4, 0.5) is 0 Å². The third kappa shape index (κ3) is 8.91. The van der Waals surface area contributed by atoms with Crippen LogP contribution in [0.15, 0.2) is 4.99 Å². The van der Waals surface area contributed by atoms with Crippen LogP contribution >= 0.6 is 24.0 Å². The standard InChI is InChI=1S/C19H39N5.HI/c1-17(24-14-12-23(3)13-15-24)16-22-19(20-2)21-11-7-10-18-8-5-4-6-9-18;/h17-18H,4-16H2,1-3H3,(H2,20,21,22);1H. The molecule has 2 aliphatic rings. The molecule has 5 nitrogen and oxygen atoms in total. The zero-order valence-corrected chi connectivity index (χ0v) is 18.9. The first-order chi connectivity index (χ1) is 11.7. The van der Waals surface area contributed by atoms with E-state index in [0.29, 0.717) is 6.04 Å². The number of aliphatic imine (C=N–C) groups is 1. The predicted octanol–water partition coefficient (Wildman–Crippen LogP) is 2.77. The average Bonchev–Trinajstić information content (AvgIpc) is 2.62. The summed E-state index contributed by atoms with van der Waals surface area (Å²) in [5.41, 5.74) is 0. The largest absolute Gasteiger partial charge is 0.356 e. The molecule has 1 saturated carbocycles. The summed E-state index contributed by atoms with van der Waals surface area (Å²) in [6.45, 7) is 9.02. The third-order valence-corrected chi connectivity index (χ3v) is 5.76. The van der Waals surface area contributed by atoms with Crippen molar-refractivity contribution in [2.75, 3.05) is 53.4 Å². The van der Waals surface area contributed by atoms with Gasteiger partial charge in [-0.15, -0.1) is 24.0 Å². The molecule has 2 N–H and O–H groups in total. The van der Waals surface area contributed by atoms with Crippen molar-refractivity contribution in [1.82, 2.24) is 20.4 Å². The molecule has 1 atom stereocenters. The molecule has 6 heteroatoms. The van der Waals surface area contributed by atoms with Crippen LogP contribution in [0.5, 0.6) is 0 Å². The van der Waals surface area contributed by atoms with E-state index in [-0.39, 0.29) is 24.0 Å². The molecule has 1 aliphatic heterocycles. The van der Waals surface area contributed by atoms with Crippen LogP contribution in [-0.2, 0) is 0 Å². The summed E-state index contributed by atoms with van der Waals surface area (Å²) < 4.78 is 0. The summed E-state index contributed by atoms with van der Waals surface area (Å²) in [5.74, 6) is 1.94. The van der Waals surface area contributed by atoms with Crippen LogP contribution in [0.2, 0.25) is 0 Å². The lowest BCUT2D eigenvalue weighted by Crippen LogP contribution is -2.52. The van der Waals surface area contributed by atoms with E-state index >= 15 is 0 Å². The lowest BCUT2D eigenvalue weighted by molar-refractivity contribution is 0.120. The number of nitrogens with one attached hydrogen (secondary N) is 2. The molecular weight excluding hydrogens is 425 g/mol. The van der Waals surface area contributed by atoms with Crippen LogP contribution in [0.3, 0.4) is 0 Å². The molecule has 0 spiro atoms. The van der Waals surface area contributed by atoms with E-state index in [1.807, 2.05) is 7.05 Å². The summed E-state index contributed by atoms with van der Waals surface area (Å²) in [4.78, 5) is 9.35. The molecule has 148 valence electrons. The van der Waals surface area contributed by atoms with Crippen LogP contribution in [0.25, 0.3) is 0 Å². The minimum absolute atomic E-state index is 0. The highest BCUT2D eigenvalue weighted by Gasteiger charge is 2.19. The maximum absolute atomic E-state index is 4.37. The predicted molar refractivity (Wildman–Crippen MR) is 119 cm³/mol. The molecule has 0 bridgehead atoms. The molecule has 2 fully saturated rings. The fraction of sp³-hybridized carbons (Fsp3) is 0.947. The van der Waals surface area contributed by atoms with Gasteiger partial charge in [0, 0.05) is 52.4 Å². The van der Waals surface area contributed by atoms with Crippen molar-refractivity contribution in [1.29, 1.82) is 0 Å². The first kappa shape index (κ1) is 23.0. The molecule has 1 aliphatic carbocycles. The van der Waals surface area contributed by atoms with Gasteiger partial charge in [0.2, 0.25) is 0 Å². The first-order valence-electron chi connectivity index (χ1n) is 10.1. The maximum Gasteiger partial charge on any atom is 0.191 e. The molecule has 1 saturated heterocycles. The zero-order valence-electron chi connectivity index (χ0n) is 16.6. The molecular formula is C19H40IN5. The molecule has 0 aromatic carbocycles. The molecule has 1 heterocycles. The van der Waals surface area contributed by atoms with E-state index in [4.69, 9.17) is 0 Å². The molecule has 0 radical (unpaired) electrons. The quantitative estimate of drug-likeness (QED) is 0.263. The van der Waals surface area contributed by atoms with Gasteiger partial charge in [-0.3, -0.25) is 9.89 Å². The van der Waals surface area contributed by atoms with Gasteiger partial charge >= 0.3 is 0 Å². The minimum atomic E-state index is 0. The van der Waals surface area contributed by atoms with Gasteiger partial charge in [-0.2, -0.15) is 0 Å². The molecule has 2 rings (SSSR count). The summed E-state index contributed by atoms with van der Waals surface area (Å²) in [6, 6.07) is 0.555. The monoisotopic (exact) mass is 465 g/mol. The van der Waals surface area contributed by atoms with Crippen molar-refractivity contribution in [2.24, 2.45) is 10.9 Å². The number of guanidine groups is 1. The number of likely N-dealkylation sites (N-methyl/N-ethyl adjacent to an activating group) is 1. The first-order valence-corrected chi connectivity index (χ1v) is 10.1. The Hall–Kier alpha value is -0.0800. The second-order valence-electron chi connectivity index (χ2n) is 7.71.